The molecule has 0 aliphatic heterocycles. The highest BCUT2D eigenvalue weighted by Gasteiger charge is 2.06. The largest absolute Gasteiger partial charge is 0.393 e. The first-order valence-corrected chi connectivity index (χ1v) is 6.54. The van der Waals surface area contributed by atoms with Gasteiger partial charge in [0, 0.05) is 11.3 Å². The minimum Gasteiger partial charge on any atom is -0.393 e. The molecule has 0 aliphatic rings. The summed E-state index contributed by atoms with van der Waals surface area (Å²) in [5.74, 6) is 1.53. The molecule has 1 nitrogen and oxygen atoms in total. The van der Waals surface area contributed by atoms with E-state index in [4.69, 9.17) is 18.0 Å². The highest BCUT2D eigenvalue weighted by Crippen LogP contribution is 2.23. The van der Waals surface area contributed by atoms with Crippen LogP contribution in [0.25, 0.3) is 0 Å². The second-order valence-corrected chi connectivity index (χ2v) is 5.44. The summed E-state index contributed by atoms with van der Waals surface area (Å²) in [7, 11) is 0. The van der Waals surface area contributed by atoms with Gasteiger partial charge >= 0.3 is 0 Å². The van der Waals surface area contributed by atoms with Crippen LogP contribution in [-0.4, -0.2) is 10.7 Å². The molecule has 0 bridgehead atoms. The van der Waals surface area contributed by atoms with E-state index >= 15 is 0 Å². The van der Waals surface area contributed by atoms with Crippen LogP contribution < -0.4 is 5.73 Å². The van der Waals surface area contributed by atoms with E-state index in [2.05, 4.69) is 38.1 Å². The van der Waals surface area contributed by atoms with Crippen molar-refractivity contribution in [1.82, 2.24) is 0 Å². The maximum Gasteiger partial charge on any atom is 0.0733 e. The van der Waals surface area contributed by atoms with Gasteiger partial charge in [0.1, 0.15) is 0 Å². The highest BCUT2D eigenvalue weighted by atomic mass is 32.2. The normalized spacial score (nSPS) is 12.4. The zero-order chi connectivity index (χ0) is 11.3. The van der Waals surface area contributed by atoms with Crippen molar-refractivity contribution in [3.8, 4) is 0 Å². The molecule has 0 aromatic heterocycles. The van der Waals surface area contributed by atoms with Gasteiger partial charge in [0.2, 0.25) is 0 Å². The number of hydrogen-bond donors (Lipinski definition) is 1. The summed E-state index contributed by atoms with van der Waals surface area (Å²) in [6.07, 6.45) is 0.787. The SMILES string of the molecule is CCSc1ccc(C(C)CC(N)=S)cc1. The predicted octanol–water partition coefficient (Wildman–Crippen LogP) is 3.58. The molecular weight excluding hydrogens is 222 g/mol. The average Bonchev–Trinajstić information content (AvgIpc) is 2.18. The molecule has 3 heteroatoms. The summed E-state index contributed by atoms with van der Waals surface area (Å²) in [6, 6.07) is 8.67. The number of nitrogens with two attached hydrogens (primary N) is 1. The Balaban J connectivity index is 2.66. The third-order valence-corrected chi connectivity index (χ3v) is 3.33. The maximum atomic E-state index is 5.54. The quantitative estimate of drug-likeness (QED) is 0.628. The molecule has 0 saturated heterocycles. The van der Waals surface area contributed by atoms with Crippen molar-refractivity contribution < 1.29 is 0 Å². The van der Waals surface area contributed by atoms with Crippen LogP contribution in [-0.2, 0) is 0 Å². The van der Waals surface area contributed by atoms with Gasteiger partial charge in [-0.1, -0.05) is 38.2 Å². The molecule has 0 amide bonds. The van der Waals surface area contributed by atoms with Gasteiger partial charge in [-0.2, -0.15) is 0 Å². The van der Waals surface area contributed by atoms with Crippen molar-refractivity contribution in [3.63, 3.8) is 0 Å². The van der Waals surface area contributed by atoms with Gasteiger partial charge in [0.15, 0.2) is 0 Å². The topological polar surface area (TPSA) is 26.0 Å². The van der Waals surface area contributed by atoms with Crippen LogP contribution in [0.1, 0.15) is 31.7 Å². The minimum absolute atomic E-state index is 0.420. The monoisotopic (exact) mass is 239 g/mol. The van der Waals surface area contributed by atoms with Crippen molar-refractivity contribution in [2.24, 2.45) is 5.73 Å². The van der Waals surface area contributed by atoms with Crippen LogP contribution in [0.15, 0.2) is 29.2 Å². The third kappa shape index (κ3) is 4.22. The highest BCUT2D eigenvalue weighted by molar-refractivity contribution is 7.99. The summed E-state index contributed by atoms with van der Waals surface area (Å²) in [4.78, 5) is 1.92. The van der Waals surface area contributed by atoms with Crippen molar-refractivity contribution in [2.75, 3.05) is 5.75 Å². The van der Waals surface area contributed by atoms with Crippen molar-refractivity contribution in [2.45, 2.75) is 31.1 Å². The number of hydrogen-bond acceptors (Lipinski definition) is 2. The van der Waals surface area contributed by atoms with Gasteiger partial charge in [-0.15, -0.1) is 11.8 Å². The molecule has 0 radical (unpaired) electrons. The zero-order valence-corrected chi connectivity index (χ0v) is 10.8. The molecule has 1 aromatic rings. The Kier molecular flexibility index (Phi) is 5.12. The van der Waals surface area contributed by atoms with Crippen LogP contribution in [0.5, 0.6) is 0 Å². The van der Waals surface area contributed by atoms with E-state index in [0.717, 1.165) is 12.2 Å². The molecule has 0 aliphatic carbocycles. The molecule has 15 heavy (non-hydrogen) atoms. The van der Waals surface area contributed by atoms with Gasteiger partial charge in [0.05, 0.1) is 4.99 Å². The first kappa shape index (κ1) is 12.5. The lowest BCUT2D eigenvalue weighted by Gasteiger charge is -2.11. The van der Waals surface area contributed by atoms with Gasteiger partial charge in [-0.3, -0.25) is 0 Å². The summed E-state index contributed by atoms with van der Waals surface area (Å²) in [5.41, 5.74) is 6.84. The van der Waals surface area contributed by atoms with E-state index in [9.17, 15) is 0 Å². The molecule has 1 aromatic carbocycles. The molecular formula is C12H17NS2. The molecule has 0 spiro atoms. The molecule has 1 atom stereocenters. The number of benzene rings is 1. The van der Waals surface area contributed by atoms with E-state index in [0.29, 0.717) is 10.9 Å². The summed E-state index contributed by atoms with van der Waals surface area (Å²) < 4.78 is 0. The minimum atomic E-state index is 0.420. The van der Waals surface area contributed by atoms with Gasteiger partial charge in [-0.05, 0) is 29.4 Å². The third-order valence-electron chi connectivity index (χ3n) is 2.27. The van der Waals surface area contributed by atoms with E-state index in [-0.39, 0.29) is 0 Å². The second kappa shape index (κ2) is 6.13. The van der Waals surface area contributed by atoms with Crippen molar-refractivity contribution >= 4 is 29.0 Å². The number of thioether (sulfide) groups is 1. The summed E-state index contributed by atoms with van der Waals surface area (Å²) in [5, 5.41) is 0. The van der Waals surface area contributed by atoms with E-state index in [1.165, 1.54) is 10.5 Å². The lowest BCUT2D eigenvalue weighted by atomic mass is 9.98. The van der Waals surface area contributed by atoms with Crippen LogP contribution in [0.4, 0.5) is 0 Å². The Morgan fingerprint density at radius 2 is 2.00 bits per heavy atom. The van der Waals surface area contributed by atoms with E-state index in [1.807, 2.05) is 11.8 Å². The van der Waals surface area contributed by atoms with Crippen LogP contribution in [0.3, 0.4) is 0 Å². The molecule has 2 N–H and O–H groups in total. The fraction of sp³-hybridized carbons (Fsp3) is 0.417. The maximum absolute atomic E-state index is 5.54. The van der Waals surface area contributed by atoms with Gasteiger partial charge < -0.3 is 5.73 Å². The van der Waals surface area contributed by atoms with E-state index < -0.39 is 0 Å². The fourth-order valence-corrected chi connectivity index (χ4v) is 2.39. The van der Waals surface area contributed by atoms with E-state index in [1.54, 1.807) is 0 Å². The smallest absolute Gasteiger partial charge is 0.0733 e. The number of rotatable bonds is 5. The molecule has 82 valence electrons. The van der Waals surface area contributed by atoms with Gasteiger partial charge in [-0.25, -0.2) is 0 Å². The first-order chi connectivity index (χ1) is 7.13. The van der Waals surface area contributed by atoms with Crippen molar-refractivity contribution in [3.05, 3.63) is 29.8 Å². The molecule has 0 heterocycles. The van der Waals surface area contributed by atoms with Crippen molar-refractivity contribution in [1.29, 1.82) is 0 Å². The second-order valence-electron chi connectivity index (χ2n) is 3.57. The standard InChI is InChI=1S/C12H17NS2/c1-3-15-11-6-4-10(5-7-11)9(2)8-12(13)14/h4-7,9H,3,8H2,1-2H3,(H2,13,14). The summed E-state index contributed by atoms with van der Waals surface area (Å²) >= 11 is 6.77. The lowest BCUT2D eigenvalue weighted by Crippen LogP contribution is -2.11. The average molecular weight is 239 g/mol. The summed E-state index contributed by atoms with van der Waals surface area (Å²) in [6.45, 7) is 4.31. The molecule has 0 saturated carbocycles. The number of thiocarbonyl (C=S) groups is 1. The molecule has 0 fully saturated rings. The molecule has 1 rings (SSSR count). The predicted molar refractivity (Wildman–Crippen MR) is 72.7 cm³/mol. The lowest BCUT2D eigenvalue weighted by molar-refractivity contribution is 0.806. The Bertz CT molecular complexity index is 319. The zero-order valence-electron chi connectivity index (χ0n) is 9.19. The Morgan fingerprint density at radius 3 is 2.47 bits per heavy atom. The fourth-order valence-electron chi connectivity index (χ4n) is 1.48. The Morgan fingerprint density at radius 1 is 1.40 bits per heavy atom. The first-order valence-electron chi connectivity index (χ1n) is 5.14. The van der Waals surface area contributed by atoms with Crippen LogP contribution >= 0.6 is 24.0 Å². The Labute approximate surface area is 101 Å². The van der Waals surface area contributed by atoms with Gasteiger partial charge in [0.25, 0.3) is 0 Å². The molecule has 1 unspecified atom stereocenters. The van der Waals surface area contributed by atoms with Crippen LogP contribution in [0.2, 0.25) is 0 Å². The van der Waals surface area contributed by atoms with Crippen LogP contribution in [0, 0.1) is 0 Å². The Hall–Kier alpha value is -0.540.